The van der Waals surface area contributed by atoms with E-state index >= 15 is 0 Å². The van der Waals surface area contributed by atoms with Crippen molar-refractivity contribution in [1.82, 2.24) is 0 Å². The molecule has 1 atom stereocenters. The van der Waals surface area contributed by atoms with Crippen LogP contribution in [0.3, 0.4) is 0 Å². The highest BCUT2D eigenvalue weighted by atomic mass is 16.4. The maximum atomic E-state index is 9.99. The lowest BCUT2D eigenvalue weighted by atomic mass is 10.2. The molecule has 8 heteroatoms. The normalized spacial score (nSPS) is 10.1. The molecule has 0 saturated carbocycles. The van der Waals surface area contributed by atoms with E-state index in [9.17, 15) is 9.59 Å². The molecule has 0 fully saturated rings. The van der Waals surface area contributed by atoms with Gasteiger partial charge in [-0.2, -0.15) is 0 Å². The molecule has 0 amide bonds. The molecule has 0 saturated heterocycles. The molecular weight excluding hydrogens is 182 g/mol. The minimum Gasteiger partial charge on any atom is -0.481 e. The zero-order valence-corrected chi connectivity index (χ0v) is 6.93. The first-order chi connectivity index (χ1) is 5.54. The third-order valence-corrected chi connectivity index (χ3v) is 0.986. The molecule has 1 unspecified atom stereocenters. The molecule has 8 nitrogen and oxygen atoms in total. The van der Waals surface area contributed by atoms with Gasteiger partial charge in [-0.1, -0.05) is 0 Å². The highest BCUT2D eigenvalue weighted by Crippen LogP contribution is 1.93. The fourth-order valence-electron chi connectivity index (χ4n) is 0.402. The predicted octanol–water partition coefficient (Wildman–Crippen LogP) is -2.74. The van der Waals surface area contributed by atoms with Gasteiger partial charge in [0.15, 0.2) is 0 Å². The quantitative estimate of drug-likeness (QED) is 0.239. The van der Waals surface area contributed by atoms with Gasteiger partial charge in [-0.25, -0.2) is 0 Å². The van der Waals surface area contributed by atoms with Crippen LogP contribution in [-0.2, 0) is 9.59 Å². The number of hydrogen-bond donors (Lipinski definition) is 5. The van der Waals surface area contributed by atoms with E-state index in [-0.39, 0.29) is 18.3 Å². The van der Waals surface area contributed by atoms with Gasteiger partial charge in [-0.15, -0.1) is 0 Å². The van der Waals surface area contributed by atoms with Crippen molar-refractivity contribution in [1.29, 1.82) is 0 Å². The van der Waals surface area contributed by atoms with Crippen LogP contribution in [0.15, 0.2) is 0 Å². The van der Waals surface area contributed by atoms with Crippen LogP contribution >= 0.6 is 0 Å². The first-order valence-corrected chi connectivity index (χ1v) is 3.07. The Labute approximate surface area is 74.6 Å². The lowest BCUT2D eigenvalue weighted by Gasteiger charge is -2.01. The molecule has 13 heavy (non-hydrogen) atoms. The second-order valence-electron chi connectivity index (χ2n) is 1.88. The van der Waals surface area contributed by atoms with Crippen molar-refractivity contribution < 1.29 is 25.3 Å². The molecule has 0 spiro atoms. The Kier molecular flexibility index (Phi) is 14.7. The largest absolute Gasteiger partial charge is 0.481 e. The third-order valence-electron chi connectivity index (χ3n) is 0.986. The van der Waals surface area contributed by atoms with E-state index in [1.54, 1.807) is 0 Å². The smallest absolute Gasteiger partial charge is 0.320 e. The number of carbonyl (C=O) groups is 2. The average molecular weight is 197 g/mol. The zero-order chi connectivity index (χ0) is 10.1. The highest BCUT2D eigenvalue weighted by molar-refractivity contribution is 5.74. The summed E-state index contributed by atoms with van der Waals surface area (Å²) in [7, 11) is 0. The van der Waals surface area contributed by atoms with Crippen molar-refractivity contribution in [2.75, 3.05) is 0 Å². The Hall–Kier alpha value is -1.22. The van der Waals surface area contributed by atoms with Crippen molar-refractivity contribution in [3.05, 3.63) is 0 Å². The van der Waals surface area contributed by atoms with Gasteiger partial charge in [0.1, 0.15) is 6.04 Å². The average Bonchev–Trinajstić information content (AvgIpc) is 2.03. The molecule has 0 aliphatic heterocycles. The number of hydrazine groups is 1. The topological polar surface area (TPSA) is 184 Å². The number of hydrogen-bond acceptors (Lipinski definition) is 5. The summed E-state index contributed by atoms with van der Waals surface area (Å²) in [6.45, 7) is 0. The number of carboxylic acids is 2. The van der Waals surface area contributed by atoms with Crippen molar-refractivity contribution in [2.45, 2.75) is 18.9 Å². The molecule has 0 aromatic heterocycles. The molecule has 0 rings (SSSR count). The predicted molar refractivity (Wildman–Crippen MR) is 44.5 cm³/mol. The molecule has 0 aromatic carbocycles. The van der Waals surface area contributed by atoms with Crippen LogP contribution in [0.2, 0.25) is 0 Å². The minimum absolute atomic E-state index is 0. The Morgan fingerprint density at radius 1 is 1.23 bits per heavy atom. The van der Waals surface area contributed by atoms with Crippen LogP contribution in [0.1, 0.15) is 12.8 Å². The van der Waals surface area contributed by atoms with Crippen LogP contribution < -0.4 is 17.4 Å². The summed E-state index contributed by atoms with van der Waals surface area (Å²) in [5, 5.41) is 16.3. The van der Waals surface area contributed by atoms with Crippen LogP contribution in [0.4, 0.5) is 0 Å². The minimum atomic E-state index is -1.17. The monoisotopic (exact) mass is 197 g/mol. The molecule has 0 aromatic rings. The van der Waals surface area contributed by atoms with Gasteiger partial charge in [-0.3, -0.25) is 21.3 Å². The lowest BCUT2D eigenvalue weighted by Crippen LogP contribution is -2.30. The Morgan fingerprint density at radius 2 is 1.62 bits per heavy atom. The molecular formula is C5H15N3O5. The van der Waals surface area contributed by atoms with E-state index in [4.69, 9.17) is 15.9 Å². The maximum Gasteiger partial charge on any atom is 0.320 e. The molecule has 0 aliphatic carbocycles. The van der Waals surface area contributed by atoms with Gasteiger partial charge >= 0.3 is 11.9 Å². The van der Waals surface area contributed by atoms with Crippen molar-refractivity contribution in [3.8, 4) is 0 Å². The molecule has 10 N–H and O–H groups in total. The summed E-state index contributed by atoms with van der Waals surface area (Å²) in [6, 6.07) is -1.06. The summed E-state index contributed by atoms with van der Waals surface area (Å²) in [4.78, 5) is 19.9. The van der Waals surface area contributed by atoms with Crippen LogP contribution in [-0.4, -0.2) is 33.7 Å². The van der Waals surface area contributed by atoms with E-state index in [0.29, 0.717) is 0 Å². The van der Waals surface area contributed by atoms with Gasteiger partial charge in [0.05, 0.1) is 0 Å². The summed E-state index contributed by atoms with van der Waals surface area (Å²) in [5.41, 5.74) is 5.00. The Balaban J connectivity index is -0.000000309. The highest BCUT2D eigenvalue weighted by Gasteiger charge is 2.12. The SMILES string of the molecule is NC(CCC(=O)O)C(=O)O.NN.O. The number of aliphatic carboxylic acids is 2. The number of carboxylic acid groups (broad SMARTS) is 2. The van der Waals surface area contributed by atoms with Gasteiger partial charge in [0.2, 0.25) is 0 Å². The number of nitrogens with two attached hydrogens (primary N) is 3. The Bertz CT molecular complexity index is 151. The molecule has 0 bridgehead atoms. The summed E-state index contributed by atoms with van der Waals surface area (Å²) in [6.07, 6.45) is -0.224. The van der Waals surface area contributed by atoms with E-state index in [0.717, 1.165) is 0 Å². The van der Waals surface area contributed by atoms with Gasteiger partial charge in [0, 0.05) is 6.42 Å². The number of rotatable bonds is 4. The maximum absolute atomic E-state index is 9.99. The molecule has 80 valence electrons. The summed E-state index contributed by atoms with van der Waals surface area (Å²) in [5.74, 6) is 5.80. The summed E-state index contributed by atoms with van der Waals surface area (Å²) >= 11 is 0. The van der Waals surface area contributed by atoms with E-state index in [1.165, 1.54) is 0 Å². The van der Waals surface area contributed by atoms with Crippen LogP contribution in [0.25, 0.3) is 0 Å². The second-order valence-corrected chi connectivity index (χ2v) is 1.88. The van der Waals surface area contributed by atoms with Crippen molar-refractivity contribution >= 4 is 11.9 Å². The van der Waals surface area contributed by atoms with Crippen molar-refractivity contribution in [3.63, 3.8) is 0 Å². The van der Waals surface area contributed by atoms with E-state index < -0.39 is 18.0 Å². The van der Waals surface area contributed by atoms with Gasteiger partial charge < -0.3 is 21.4 Å². The molecule has 0 radical (unpaired) electrons. The van der Waals surface area contributed by atoms with E-state index in [1.807, 2.05) is 0 Å². The molecule has 0 heterocycles. The van der Waals surface area contributed by atoms with Crippen LogP contribution in [0.5, 0.6) is 0 Å². The van der Waals surface area contributed by atoms with Crippen molar-refractivity contribution in [2.24, 2.45) is 17.4 Å². The first-order valence-electron chi connectivity index (χ1n) is 3.07. The van der Waals surface area contributed by atoms with Gasteiger partial charge in [0.25, 0.3) is 0 Å². The van der Waals surface area contributed by atoms with Crippen LogP contribution in [0, 0.1) is 0 Å². The first kappa shape index (κ1) is 17.8. The Morgan fingerprint density at radius 3 is 1.85 bits per heavy atom. The zero-order valence-electron chi connectivity index (χ0n) is 6.93. The fourth-order valence-corrected chi connectivity index (χ4v) is 0.402. The van der Waals surface area contributed by atoms with E-state index in [2.05, 4.69) is 11.7 Å². The second kappa shape index (κ2) is 10.8. The van der Waals surface area contributed by atoms with Gasteiger partial charge in [-0.05, 0) is 6.42 Å². The molecule has 0 aliphatic rings. The standard InChI is InChI=1S/C5H9NO4.H4N2.H2O/c6-3(5(9)10)1-2-4(7)8;1-2;/h3H,1-2,6H2,(H,7,8)(H,9,10);1-2H2;1H2. The summed E-state index contributed by atoms with van der Waals surface area (Å²) < 4.78 is 0. The third kappa shape index (κ3) is 13.7. The lowest BCUT2D eigenvalue weighted by molar-refractivity contribution is -0.139. The fraction of sp³-hybridized carbons (Fsp3) is 0.600.